The molecular formula is C43H38O. The van der Waals surface area contributed by atoms with Gasteiger partial charge in [-0.05, 0) is 108 Å². The van der Waals surface area contributed by atoms with Crippen molar-refractivity contribution in [1.29, 1.82) is 0 Å². The summed E-state index contributed by atoms with van der Waals surface area (Å²) in [4.78, 5) is 0. The summed E-state index contributed by atoms with van der Waals surface area (Å²) >= 11 is 0. The molecule has 7 aromatic carbocycles. The molecule has 0 spiro atoms. The zero-order valence-corrected chi connectivity index (χ0v) is 26.3. The molecule has 8 rings (SSSR count). The van der Waals surface area contributed by atoms with Crippen LogP contribution in [0, 0.1) is 0 Å². The van der Waals surface area contributed by atoms with Gasteiger partial charge in [-0.3, -0.25) is 0 Å². The molecule has 1 aliphatic carbocycles. The summed E-state index contributed by atoms with van der Waals surface area (Å²) in [6.07, 6.45) is 0. The number of hydrogen-bond donors (Lipinski definition) is 0. The van der Waals surface area contributed by atoms with E-state index in [-0.39, 0.29) is 10.8 Å². The maximum Gasteiger partial charge on any atom is 0.0601 e. The van der Waals surface area contributed by atoms with Gasteiger partial charge in [0.05, 0.1) is 6.61 Å². The highest BCUT2D eigenvalue weighted by molar-refractivity contribution is 6.25. The maximum absolute atomic E-state index is 6.04. The largest absolute Gasteiger partial charge is 0.380 e. The molecule has 0 heterocycles. The predicted molar refractivity (Wildman–Crippen MR) is 188 cm³/mol. The van der Waals surface area contributed by atoms with Gasteiger partial charge in [-0.15, -0.1) is 0 Å². The number of benzene rings is 7. The normalized spacial score (nSPS) is 16.2. The molecule has 0 saturated heterocycles. The van der Waals surface area contributed by atoms with E-state index in [1.807, 2.05) is 0 Å². The highest BCUT2D eigenvalue weighted by atomic mass is 16.5. The molecule has 1 aliphatic rings. The number of ether oxygens (including phenoxy) is 1. The smallest absolute Gasteiger partial charge is 0.0601 e. The molecule has 7 aromatic rings. The Hall–Kier alpha value is -4.46. The average molecular weight is 571 g/mol. The van der Waals surface area contributed by atoms with Crippen LogP contribution in [0.25, 0.3) is 65.7 Å². The van der Waals surface area contributed by atoms with E-state index in [9.17, 15) is 0 Å². The fourth-order valence-corrected chi connectivity index (χ4v) is 7.57. The first kappa shape index (κ1) is 27.1. The second-order valence-corrected chi connectivity index (χ2v) is 13.8. The summed E-state index contributed by atoms with van der Waals surface area (Å²) < 4.78 is 6.04. The molecule has 0 saturated carbocycles. The zero-order valence-electron chi connectivity index (χ0n) is 26.3. The van der Waals surface area contributed by atoms with E-state index in [0.717, 1.165) is 6.61 Å². The topological polar surface area (TPSA) is 9.23 Å². The third-order valence-corrected chi connectivity index (χ3v) is 10.0. The van der Waals surface area contributed by atoms with E-state index in [0.29, 0.717) is 6.61 Å². The lowest BCUT2D eigenvalue weighted by atomic mass is 9.80. The van der Waals surface area contributed by atoms with Crippen LogP contribution in [0.5, 0.6) is 0 Å². The number of fused-ring (bicyclic) bond motifs is 3. The maximum atomic E-state index is 6.04. The second kappa shape index (κ2) is 9.78. The van der Waals surface area contributed by atoms with Gasteiger partial charge in [0.15, 0.2) is 0 Å². The van der Waals surface area contributed by atoms with Gasteiger partial charge in [-0.2, -0.15) is 0 Å². The molecule has 216 valence electrons. The van der Waals surface area contributed by atoms with Crippen molar-refractivity contribution in [1.82, 2.24) is 0 Å². The molecule has 0 aromatic heterocycles. The predicted octanol–water partition coefficient (Wildman–Crippen LogP) is 11.5. The van der Waals surface area contributed by atoms with Crippen LogP contribution in [0.1, 0.15) is 51.3 Å². The van der Waals surface area contributed by atoms with Crippen LogP contribution in [0.2, 0.25) is 0 Å². The summed E-state index contributed by atoms with van der Waals surface area (Å²) in [5.41, 5.74) is 11.7. The van der Waals surface area contributed by atoms with Crippen LogP contribution in [0.15, 0.2) is 115 Å². The fourth-order valence-electron chi connectivity index (χ4n) is 7.57. The van der Waals surface area contributed by atoms with Crippen molar-refractivity contribution in [2.75, 3.05) is 13.2 Å². The Morgan fingerprint density at radius 1 is 0.568 bits per heavy atom. The van der Waals surface area contributed by atoms with Crippen molar-refractivity contribution in [2.24, 2.45) is 0 Å². The molecule has 1 heteroatoms. The van der Waals surface area contributed by atoms with Crippen molar-refractivity contribution in [3.05, 3.63) is 132 Å². The highest BCUT2D eigenvalue weighted by Crippen LogP contribution is 2.50. The summed E-state index contributed by atoms with van der Waals surface area (Å²) in [5, 5.41) is 8.02. The van der Waals surface area contributed by atoms with Crippen LogP contribution in [-0.4, -0.2) is 13.2 Å². The van der Waals surface area contributed by atoms with E-state index in [2.05, 4.69) is 150 Å². The van der Waals surface area contributed by atoms with Crippen molar-refractivity contribution in [3.63, 3.8) is 0 Å². The van der Waals surface area contributed by atoms with E-state index >= 15 is 0 Å². The first-order valence-corrected chi connectivity index (χ1v) is 15.9. The molecule has 0 radical (unpaired) electrons. The van der Waals surface area contributed by atoms with Crippen LogP contribution < -0.4 is 0 Å². The summed E-state index contributed by atoms with van der Waals surface area (Å²) in [7, 11) is 0. The van der Waals surface area contributed by atoms with E-state index in [1.165, 1.54) is 82.4 Å². The molecular weight excluding hydrogens is 532 g/mol. The Balaban J connectivity index is 1.20. The zero-order chi connectivity index (χ0) is 30.2. The van der Waals surface area contributed by atoms with Gasteiger partial charge in [0, 0.05) is 12.0 Å². The quantitative estimate of drug-likeness (QED) is 0.187. The molecule has 1 nitrogen and oxygen atoms in total. The lowest BCUT2D eigenvalue weighted by Crippen LogP contribution is -2.27. The SMILES string of the molecule is CCOCC1(C)c2ccccc2-c2ccc(-c3ccc(-c4ccc5ccc6cc(C(C)(C)C)cc7ccc4c5c67)cc3)cc21. The fraction of sp³-hybridized carbons (Fsp3) is 0.209. The van der Waals surface area contributed by atoms with Crippen LogP contribution in [0.3, 0.4) is 0 Å². The molecule has 1 atom stereocenters. The van der Waals surface area contributed by atoms with Gasteiger partial charge in [0.25, 0.3) is 0 Å². The van der Waals surface area contributed by atoms with Gasteiger partial charge in [-0.25, -0.2) is 0 Å². The van der Waals surface area contributed by atoms with Crippen molar-refractivity contribution >= 4 is 32.3 Å². The van der Waals surface area contributed by atoms with Gasteiger partial charge in [-0.1, -0.05) is 130 Å². The highest BCUT2D eigenvalue weighted by Gasteiger charge is 2.39. The van der Waals surface area contributed by atoms with Crippen LogP contribution in [0.4, 0.5) is 0 Å². The molecule has 0 fully saturated rings. The lowest BCUT2D eigenvalue weighted by molar-refractivity contribution is 0.114. The van der Waals surface area contributed by atoms with Crippen molar-refractivity contribution < 1.29 is 4.74 Å². The molecule has 0 aliphatic heterocycles. The van der Waals surface area contributed by atoms with Crippen LogP contribution >= 0.6 is 0 Å². The minimum atomic E-state index is -0.159. The van der Waals surface area contributed by atoms with Gasteiger partial charge < -0.3 is 4.74 Å². The first-order valence-electron chi connectivity index (χ1n) is 15.9. The molecule has 44 heavy (non-hydrogen) atoms. The molecule has 0 N–H and O–H groups in total. The van der Waals surface area contributed by atoms with Gasteiger partial charge in [0.1, 0.15) is 0 Å². The van der Waals surface area contributed by atoms with E-state index in [1.54, 1.807) is 0 Å². The minimum absolute atomic E-state index is 0.113. The van der Waals surface area contributed by atoms with E-state index in [4.69, 9.17) is 4.74 Å². The number of hydrogen-bond acceptors (Lipinski definition) is 1. The third-order valence-electron chi connectivity index (χ3n) is 10.0. The van der Waals surface area contributed by atoms with Gasteiger partial charge >= 0.3 is 0 Å². The Morgan fingerprint density at radius 2 is 1.18 bits per heavy atom. The molecule has 1 unspecified atom stereocenters. The Labute approximate surface area is 260 Å². The summed E-state index contributed by atoms with van der Waals surface area (Å²) in [6.45, 7) is 12.7. The molecule has 0 amide bonds. The monoisotopic (exact) mass is 570 g/mol. The average Bonchev–Trinajstić information content (AvgIpc) is 3.29. The van der Waals surface area contributed by atoms with E-state index < -0.39 is 0 Å². The minimum Gasteiger partial charge on any atom is -0.380 e. The third kappa shape index (κ3) is 4.03. The second-order valence-electron chi connectivity index (χ2n) is 13.8. The van der Waals surface area contributed by atoms with Gasteiger partial charge in [0.2, 0.25) is 0 Å². The lowest BCUT2D eigenvalue weighted by Gasteiger charge is -2.27. The first-order chi connectivity index (χ1) is 21.3. The summed E-state index contributed by atoms with van der Waals surface area (Å²) in [6, 6.07) is 43.5. The molecule has 0 bridgehead atoms. The summed E-state index contributed by atoms with van der Waals surface area (Å²) in [5.74, 6) is 0. The standard InChI is InChI=1S/C43H38O/c1-6-44-26-43(5)38-10-8-7-9-35(38)36-21-18-30(25-39(36)43)27-11-13-28(14-12-27)34-20-17-29-15-16-31-23-33(42(2,3)4)24-32-19-22-37(34)41(29)40(31)32/h7-25H,6,26H2,1-5H3. The Morgan fingerprint density at radius 3 is 1.93 bits per heavy atom. The van der Waals surface area contributed by atoms with Crippen LogP contribution in [-0.2, 0) is 15.6 Å². The van der Waals surface area contributed by atoms with Crippen molar-refractivity contribution in [3.8, 4) is 33.4 Å². The number of rotatable bonds is 5. The Bertz CT molecular complexity index is 2180. The Kier molecular flexibility index (Phi) is 6.02. The van der Waals surface area contributed by atoms with Crippen molar-refractivity contribution in [2.45, 2.75) is 45.4 Å².